The Morgan fingerprint density at radius 2 is 1.74 bits per heavy atom. The number of piperidine rings is 1. The van der Waals surface area contributed by atoms with E-state index in [1.54, 1.807) is 4.31 Å². The lowest BCUT2D eigenvalue weighted by Crippen LogP contribution is -2.44. The van der Waals surface area contributed by atoms with Gasteiger partial charge in [-0.25, -0.2) is 12.7 Å². The molecule has 2 aromatic carbocycles. The van der Waals surface area contributed by atoms with Crippen LogP contribution in [0, 0.1) is 5.92 Å². The van der Waals surface area contributed by atoms with Crippen LogP contribution in [0.5, 0.6) is 11.5 Å². The molecular weight excluding hydrogens is 412 g/mol. The Morgan fingerprint density at radius 1 is 1.10 bits per heavy atom. The van der Waals surface area contributed by atoms with Crippen molar-refractivity contribution in [1.82, 2.24) is 9.62 Å². The number of nitrogens with zero attached hydrogens (tertiary/aromatic N) is 1. The molecule has 1 N–H and O–H groups in total. The van der Waals surface area contributed by atoms with Crippen molar-refractivity contribution < 1.29 is 17.9 Å². The second-order valence-corrected chi connectivity index (χ2v) is 10.1. The summed E-state index contributed by atoms with van der Waals surface area (Å²) < 4.78 is 32.3. The van der Waals surface area contributed by atoms with E-state index in [0.717, 1.165) is 17.7 Å². The first-order chi connectivity index (χ1) is 14.9. The zero-order chi connectivity index (χ0) is 22.3. The number of carbonyl (C=O) groups excluding carboxylic acids is 1. The number of para-hydroxylation sites is 2. The SMILES string of the molecule is CCCCS(=O)(=O)N1CCC(C(=O)NC(C)c2ccccc2Oc2ccccc2)CC1. The van der Waals surface area contributed by atoms with Gasteiger partial charge in [0.2, 0.25) is 15.9 Å². The second kappa shape index (κ2) is 10.8. The molecule has 7 heteroatoms. The van der Waals surface area contributed by atoms with Crippen LogP contribution in [0.1, 0.15) is 51.1 Å². The average molecular weight is 445 g/mol. The highest BCUT2D eigenvalue weighted by Gasteiger charge is 2.31. The van der Waals surface area contributed by atoms with Gasteiger partial charge in [0.1, 0.15) is 11.5 Å². The van der Waals surface area contributed by atoms with Gasteiger partial charge < -0.3 is 10.1 Å². The summed E-state index contributed by atoms with van der Waals surface area (Å²) in [5.74, 6) is 1.42. The number of hydrogen-bond acceptors (Lipinski definition) is 4. The number of unbranched alkanes of at least 4 members (excludes halogenated alkanes) is 1. The molecule has 1 amide bonds. The number of rotatable bonds is 9. The fourth-order valence-electron chi connectivity index (χ4n) is 3.81. The third kappa shape index (κ3) is 6.31. The van der Waals surface area contributed by atoms with Gasteiger partial charge in [0, 0.05) is 24.6 Å². The summed E-state index contributed by atoms with van der Waals surface area (Å²) in [4.78, 5) is 12.9. The first kappa shape index (κ1) is 23.3. The van der Waals surface area contributed by atoms with Crippen LogP contribution in [-0.4, -0.2) is 37.5 Å². The fourth-order valence-corrected chi connectivity index (χ4v) is 5.49. The van der Waals surface area contributed by atoms with Crippen LogP contribution in [0.15, 0.2) is 54.6 Å². The molecule has 1 saturated heterocycles. The van der Waals surface area contributed by atoms with Gasteiger partial charge in [0.15, 0.2) is 0 Å². The minimum atomic E-state index is -3.21. The lowest BCUT2D eigenvalue weighted by molar-refractivity contribution is -0.126. The van der Waals surface area contributed by atoms with E-state index in [4.69, 9.17) is 4.74 Å². The number of sulfonamides is 1. The standard InChI is InChI=1S/C24H32N2O4S/c1-3-4-18-31(28,29)26-16-14-20(15-17-26)24(27)25-19(2)22-12-8-9-13-23(22)30-21-10-6-5-7-11-21/h5-13,19-20H,3-4,14-18H2,1-2H3,(H,25,27). The molecule has 168 valence electrons. The normalized spacial score (nSPS) is 16.6. The van der Waals surface area contributed by atoms with Crippen LogP contribution >= 0.6 is 0 Å². The zero-order valence-corrected chi connectivity index (χ0v) is 19.1. The van der Waals surface area contributed by atoms with Gasteiger partial charge in [-0.15, -0.1) is 0 Å². The molecule has 1 aliphatic rings. The molecule has 0 bridgehead atoms. The fraction of sp³-hybridized carbons (Fsp3) is 0.458. The second-order valence-electron chi connectivity index (χ2n) is 8.03. The van der Waals surface area contributed by atoms with E-state index in [-0.39, 0.29) is 23.6 Å². The molecule has 0 saturated carbocycles. The van der Waals surface area contributed by atoms with Gasteiger partial charge in [0.25, 0.3) is 0 Å². The van der Waals surface area contributed by atoms with Crippen LogP contribution < -0.4 is 10.1 Å². The Morgan fingerprint density at radius 3 is 2.42 bits per heavy atom. The number of benzene rings is 2. The highest BCUT2D eigenvalue weighted by Crippen LogP contribution is 2.30. The number of amides is 1. The van der Waals surface area contributed by atoms with Crippen LogP contribution in [0.3, 0.4) is 0 Å². The quantitative estimate of drug-likeness (QED) is 0.618. The van der Waals surface area contributed by atoms with Crippen molar-refractivity contribution in [3.63, 3.8) is 0 Å². The van der Waals surface area contributed by atoms with Gasteiger partial charge in [-0.05, 0) is 44.4 Å². The van der Waals surface area contributed by atoms with Crippen LogP contribution in [0.4, 0.5) is 0 Å². The third-order valence-corrected chi connectivity index (χ3v) is 7.65. The first-order valence-electron chi connectivity index (χ1n) is 11.0. The van der Waals surface area contributed by atoms with E-state index < -0.39 is 10.0 Å². The highest BCUT2D eigenvalue weighted by atomic mass is 32.2. The predicted octanol–water partition coefficient (Wildman–Crippen LogP) is 4.50. The molecule has 1 fully saturated rings. The largest absolute Gasteiger partial charge is 0.457 e. The Labute approximate surface area is 185 Å². The van der Waals surface area contributed by atoms with Gasteiger partial charge in [0.05, 0.1) is 11.8 Å². The van der Waals surface area contributed by atoms with Crippen molar-refractivity contribution in [3.05, 3.63) is 60.2 Å². The summed E-state index contributed by atoms with van der Waals surface area (Å²) in [6.07, 6.45) is 2.62. The van der Waals surface area contributed by atoms with Crippen molar-refractivity contribution in [2.45, 2.75) is 45.6 Å². The average Bonchev–Trinajstić information content (AvgIpc) is 2.79. The molecular formula is C24H32N2O4S. The molecule has 3 rings (SSSR count). The van der Waals surface area contributed by atoms with Gasteiger partial charge >= 0.3 is 0 Å². The maximum atomic E-state index is 12.9. The van der Waals surface area contributed by atoms with Gasteiger partial charge in [-0.1, -0.05) is 49.7 Å². The summed E-state index contributed by atoms with van der Waals surface area (Å²) >= 11 is 0. The molecule has 2 aromatic rings. The molecule has 0 spiro atoms. The highest BCUT2D eigenvalue weighted by molar-refractivity contribution is 7.89. The number of carbonyl (C=O) groups is 1. The van der Waals surface area contributed by atoms with Gasteiger partial charge in [-0.2, -0.15) is 0 Å². The molecule has 0 aliphatic carbocycles. The van der Waals surface area contributed by atoms with Crippen molar-refractivity contribution in [2.75, 3.05) is 18.8 Å². The Bertz CT molecular complexity index is 955. The molecule has 31 heavy (non-hydrogen) atoms. The van der Waals surface area contributed by atoms with E-state index >= 15 is 0 Å². The first-order valence-corrected chi connectivity index (χ1v) is 12.6. The van der Waals surface area contributed by atoms with Crippen LogP contribution in [0.25, 0.3) is 0 Å². The van der Waals surface area contributed by atoms with Crippen molar-refractivity contribution >= 4 is 15.9 Å². The number of nitrogens with one attached hydrogen (secondary N) is 1. The monoisotopic (exact) mass is 444 g/mol. The lowest BCUT2D eigenvalue weighted by atomic mass is 9.96. The minimum absolute atomic E-state index is 0.0346. The predicted molar refractivity (Wildman–Crippen MR) is 123 cm³/mol. The van der Waals surface area contributed by atoms with E-state index in [1.165, 1.54) is 0 Å². The summed E-state index contributed by atoms with van der Waals surface area (Å²) in [6, 6.07) is 17.0. The summed E-state index contributed by atoms with van der Waals surface area (Å²) in [7, 11) is -3.21. The van der Waals surface area contributed by atoms with Gasteiger partial charge in [-0.3, -0.25) is 4.79 Å². The van der Waals surface area contributed by atoms with Crippen LogP contribution in [0.2, 0.25) is 0 Å². The zero-order valence-electron chi connectivity index (χ0n) is 18.3. The van der Waals surface area contributed by atoms with E-state index in [2.05, 4.69) is 5.32 Å². The Hall–Kier alpha value is -2.38. The Balaban J connectivity index is 1.58. The molecule has 1 aliphatic heterocycles. The molecule has 1 unspecified atom stereocenters. The number of ether oxygens (including phenoxy) is 1. The maximum Gasteiger partial charge on any atom is 0.223 e. The van der Waals surface area contributed by atoms with Crippen molar-refractivity contribution in [1.29, 1.82) is 0 Å². The smallest absolute Gasteiger partial charge is 0.223 e. The summed E-state index contributed by atoms with van der Waals surface area (Å²) in [6.45, 7) is 4.74. The third-order valence-electron chi connectivity index (χ3n) is 5.69. The van der Waals surface area contributed by atoms with E-state index in [9.17, 15) is 13.2 Å². The summed E-state index contributed by atoms with van der Waals surface area (Å²) in [5, 5.41) is 3.09. The van der Waals surface area contributed by atoms with Crippen molar-refractivity contribution in [2.24, 2.45) is 5.92 Å². The molecule has 1 atom stereocenters. The molecule has 6 nitrogen and oxygen atoms in total. The molecule has 0 aromatic heterocycles. The Kier molecular flexibility index (Phi) is 8.09. The lowest BCUT2D eigenvalue weighted by Gasteiger charge is -2.31. The topological polar surface area (TPSA) is 75.7 Å². The molecule has 0 radical (unpaired) electrons. The van der Waals surface area contributed by atoms with E-state index in [0.29, 0.717) is 38.1 Å². The van der Waals surface area contributed by atoms with E-state index in [1.807, 2.05) is 68.4 Å². The summed E-state index contributed by atoms with van der Waals surface area (Å²) in [5.41, 5.74) is 0.902. The molecule has 1 heterocycles. The minimum Gasteiger partial charge on any atom is -0.457 e. The van der Waals surface area contributed by atoms with Crippen LogP contribution in [-0.2, 0) is 14.8 Å². The van der Waals surface area contributed by atoms with Crippen molar-refractivity contribution in [3.8, 4) is 11.5 Å². The maximum absolute atomic E-state index is 12.9. The number of hydrogen-bond donors (Lipinski definition) is 1.